The van der Waals surface area contributed by atoms with E-state index in [1.54, 1.807) is 26.8 Å². The van der Waals surface area contributed by atoms with E-state index in [1.807, 2.05) is 16.0 Å². The maximum absolute atomic E-state index is 14.9. The number of amides is 13. The topological polar surface area (TPSA) is 691 Å². The summed E-state index contributed by atoms with van der Waals surface area (Å²) >= 11 is 0. The highest BCUT2D eigenvalue weighted by Gasteiger charge is 2.43. The van der Waals surface area contributed by atoms with Crippen molar-refractivity contribution in [3.8, 4) is 5.75 Å². The number of phenolic OH excluding ortho intramolecular Hbond substituents is 1. The van der Waals surface area contributed by atoms with E-state index in [0.29, 0.717) is 11.1 Å². The molecule has 0 unspecified atom stereocenters. The smallest absolute Gasteiger partial charge is 0.326 e. The van der Waals surface area contributed by atoms with E-state index < -0.39 is 281 Å². The van der Waals surface area contributed by atoms with Gasteiger partial charge in [-0.05, 0) is 80.0 Å². The van der Waals surface area contributed by atoms with Gasteiger partial charge in [-0.2, -0.15) is 0 Å². The first-order chi connectivity index (χ1) is 52.1. The second-order valence-electron chi connectivity index (χ2n) is 26.6. The SMILES string of the molecule is CC[C@H](C)[C@H](NC(=O)[C@H](CCC(=O)O)NC(=O)[C@H](CCC(=O)O)NC(=O)[C@H](Cc1ccccc1)NC(=O)[C@H](CC(=O)O)NC(=O)CNC(=O)[C@H](CC(=O)O)NC(=O)[C@@H](N)CC(N)=O)C(=O)N1CCC[C@H]1C(=O)N[C@@H](CCC(=O)O)C(=O)N[C@@H](CCC(=O)O)C(=O)N[C@@H](Cc1ccc(O)cc1)C(=O)N[C@@H](CC(C)C)C(=O)O. The minimum Gasteiger partial charge on any atom is -0.508 e. The Morgan fingerprint density at radius 2 is 0.838 bits per heavy atom. The van der Waals surface area contributed by atoms with Crippen molar-refractivity contribution in [1.29, 1.82) is 0 Å². The van der Waals surface area contributed by atoms with Crippen LogP contribution in [0.1, 0.15) is 135 Å². The van der Waals surface area contributed by atoms with Crippen LogP contribution in [-0.2, 0) is 109 Å². The quantitative estimate of drug-likeness (QED) is 0.0295. The van der Waals surface area contributed by atoms with Crippen molar-refractivity contribution in [3.05, 3.63) is 65.7 Å². The third-order valence-corrected chi connectivity index (χ3v) is 17.2. The van der Waals surface area contributed by atoms with Gasteiger partial charge in [0.25, 0.3) is 0 Å². The van der Waals surface area contributed by atoms with Crippen molar-refractivity contribution in [1.82, 2.24) is 63.4 Å². The number of carbonyl (C=O) groups is 20. The number of carboxylic acid groups (broad SMARTS) is 7. The van der Waals surface area contributed by atoms with E-state index in [4.69, 9.17) is 11.5 Å². The minimum absolute atomic E-state index is 0.0459. The zero-order valence-electron chi connectivity index (χ0n) is 61.1. The molecule has 1 saturated heterocycles. The normalized spacial score (nSPS) is 15.6. The van der Waals surface area contributed by atoms with Crippen LogP contribution in [-0.4, -0.2) is 250 Å². The largest absolute Gasteiger partial charge is 0.508 e. The number of rotatable bonds is 50. The molecule has 3 rings (SSSR count). The van der Waals surface area contributed by atoms with Gasteiger partial charge < -0.3 is 116 Å². The van der Waals surface area contributed by atoms with Crippen molar-refractivity contribution < 1.29 is 137 Å². The Bertz CT molecular complexity index is 3710. The zero-order valence-corrected chi connectivity index (χ0v) is 61.1. The van der Waals surface area contributed by atoms with Crippen molar-refractivity contribution in [2.45, 2.75) is 209 Å². The predicted molar refractivity (Wildman–Crippen MR) is 379 cm³/mol. The van der Waals surface area contributed by atoms with Crippen molar-refractivity contribution in [2.24, 2.45) is 23.3 Å². The van der Waals surface area contributed by atoms with Crippen LogP contribution in [0.15, 0.2) is 54.6 Å². The number of likely N-dealkylation sites (tertiary alicyclic amines) is 1. The summed E-state index contributed by atoms with van der Waals surface area (Å²) in [4.78, 5) is 264. The monoisotopic (exact) mass is 1570 g/mol. The highest BCUT2D eigenvalue weighted by atomic mass is 16.4. The number of aromatic hydroxyl groups is 1. The zero-order chi connectivity index (χ0) is 83.5. The molecule has 1 heterocycles. The lowest BCUT2D eigenvalue weighted by atomic mass is 9.96. The Morgan fingerprint density at radius 1 is 0.450 bits per heavy atom. The van der Waals surface area contributed by atoms with Gasteiger partial charge in [-0.1, -0.05) is 76.6 Å². The first kappa shape index (κ1) is 92.8. The molecule has 610 valence electrons. The number of carbonyl (C=O) groups excluding carboxylic acids is 13. The first-order valence-electron chi connectivity index (χ1n) is 35.1. The van der Waals surface area contributed by atoms with Gasteiger partial charge >= 0.3 is 41.8 Å². The Labute approximate surface area is 633 Å². The fourth-order valence-corrected chi connectivity index (χ4v) is 11.2. The highest BCUT2D eigenvalue weighted by Crippen LogP contribution is 2.23. The van der Waals surface area contributed by atoms with Gasteiger partial charge in [0.05, 0.1) is 31.8 Å². The average molecular weight is 1570 g/mol. The van der Waals surface area contributed by atoms with Crippen LogP contribution in [0.25, 0.3) is 0 Å². The first-order valence-corrected chi connectivity index (χ1v) is 35.1. The van der Waals surface area contributed by atoms with Crippen LogP contribution >= 0.6 is 0 Å². The standard InChI is InChI=1S/C69H96N14O28/c1-5-34(4)57(68(109)83-25-9-12-48(83)67(108)77-41(19-23-53(91)92)61(102)74-40(18-22-52(89)90)62(103)79-44(28-36-13-15-37(84)16-14-36)65(106)81-47(69(110)111)26-33(2)3)82-63(104)42(20-24-54(93)94)75-60(101)39(17-21-51(87)88)76-64(105)43(27-35-10-7-6-8-11-35)80-66(107)46(31-56(97)98)73-50(86)32-72-59(100)45(30-55(95)96)78-58(99)38(70)29-49(71)85/h6-8,10-11,13-16,33-34,38-48,57,84H,5,9,12,17-32,70H2,1-4H3,(H2,71,85)(H,72,100)(H,73,86)(H,74,102)(H,75,101)(H,76,105)(H,77,108)(H,78,99)(H,79,103)(H,80,107)(H,81,106)(H,82,104)(H,87,88)(H,89,90)(H,91,92)(H,93,94)(H,95,96)(H,97,98)(H,110,111)/t34-,38-,39-,40-,41-,42-,43-,44-,45-,46-,47-,48-,57-/m0/s1. The Hall–Kier alpha value is -12.4. The van der Waals surface area contributed by atoms with Crippen LogP contribution in [0.3, 0.4) is 0 Å². The number of primary amides is 1. The fourth-order valence-electron chi connectivity index (χ4n) is 11.2. The second kappa shape index (κ2) is 46.1. The molecule has 111 heavy (non-hydrogen) atoms. The third-order valence-electron chi connectivity index (χ3n) is 17.2. The van der Waals surface area contributed by atoms with Gasteiger partial charge in [0.1, 0.15) is 72.2 Å². The summed E-state index contributed by atoms with van der Waals surface area (Å²) in [6, 6.07) is -8.45. The van der Waals surface area contributed by atoms with Crippen molar-refractivity contribution in [2.75, 3.05) is 13.1 Å². The molecule has 1 fully saturated rings. The van der Waals surface area contributed by atoms with Gasteiger partial charge in [0.15, 0.2) is 0 Å². The number of hydrogen-bond donors (Lipinski definition) is 21. The summed E-state index contributed by atoms with van der Waals surface area (Å²) in [5, 5.41) is 103. The molecule has 1 aliphatic heterocycles. The third kappa shape index (κ3) is 33.7. The molecule has 23 N–H and O–H groups in total. The molecule has 0 aliphatic carbocycles. The number of hydrogen-bond acceptors (Lipinski definition) is 22. The molecule has 0 bridgehead atoms. The lowest BCUT2D eigenvalue weighted by Gasteiger charge is -2.33. The summed E-state index contributed by atoms with van der Waals surface area (Å²) in [5.41, 5.74) is 11.3. The number of aliphatic carboxylic acids is 7. The highest BCUT2D eigenvalue weighted by molar-refractivity contribution is 6.01. The number of nitrogens with zero attached hydrogens (tertiary/aromatic N) is 1. The van der Waals surface area contributed by atoms with Gasteiger partial charge in [0.2, 0.25) is 76.8 Å². The number of nitrogens with two attached hydrogens (primary N) is 2. The molecule has 42 nitrogen and oxygen atoms in total. The van der Waals surface area contributed by atoms with E-state index in [2.05, 4.69) is 42.5 Å². The van der Waals surface area contributed by atoms with Crippen LogP contribution in [0.4, 0.5) is 0 Å². The van der Waals surface area contributed by atoms with Crippen LogP contribution in [0.5, 0.6) is 5.75 Å². The number of benzene rings is 2. The molecular formula is C69H96N14O28. The summed E-state index contributed by atoms with van der Waals surface area (Å²) < 4.78 is 0. The molecule has 0 spiro atoms. The molecule has 13 amide bonds. The maximum Gasteiger partial charge on any atom is 0.326 e. The van der Waals surface area contributed by atoms with Gasteiger partial charge in [-0.15, -0.1) is 0 Å². The maximum atomic E-state index is 14.9. The van der Waals surface area contributed by atoms with Gasteiger partial charge in [-0.25, -0.2) is 4.79 Å². The lowest BCUT2D eigenvalue weighted by Crippen LogP contribution is -2.61. The molecule has 1 aliphatic rings. The summed E-state index contributed by atoms with van der Waals surface area (Å²) in [7, 11) is 0. The average Bonchev–Trinajstić information content (AvgIpc) is 1.74. The molecule has 13 atom stereocenters. The summed E-state index contributed by atoms with van der Waals surface area (Å²) in [5.74, 6) is -27.6. The number of phenols is 1. The lowest BCUT2D eigenvalue weighted by molar-refractivity contribution is -0.144. The van der Waals surface area contributed by atoms with E-state index in [0.717, 1.165) is 4.90 Å². The molecule has 42 heteroatoms. The van der Waals surface area contributed by atoms with Crippen LogP contribution < -0.4 is 70.0 Å². The van der Waals surface area contributed by atoms with Crippen LogP contribution in [0.2, 0.25) is 0 Å². The van der Waals surface area contributed by atoms with Crippen molar-refractivity contribution in [3.63, 3.8) is 0 Å². The Kier molecular flexibility index (Phi) is 38.5. The van der Waals surface area contributed by atoms with Crippen molar-refractivity contribution >= 4 is 119 Å². The van der Waals surface area contributed by atoms with E-state index in [-0.39, 0.29) is 50.3 Å². The second-order valence-corrected chi connectivity index (χ2v) is 26.6. The molecule has 2 aromatic rings. The summed E-state index contributed by atoms with van der Waals surface area (Å²) in [6.45, 7) is 5.16. The van der Waals surface area contributed by atoms with Gasteiger partial charge in [-0.3, -0.25) is 91.1 Å². The predicted octanol–water partition coefficient (Wildman–Crippen LogP) is -5.08. The Balaban J connectivity index is 1.96. The number of carboxylic acids is 7. The van der Waals surface area contributed by atoms with E-state index >= 15 is 0 Å². The van der Waals surface area contributed by atoms with Gasteiger partial charge in [0, 0.05) is 45.1 Å². The van der Waals surface area contributed by atoms with E-state index in [9.17, 15) is 137 Å². The molecule has 0 saturated carbocycles. The molecule has 0 aromatic heterocycles. The molecular weight excluding hydrogens is 1470 g/mol. The van der Waals surface area contributed by atoms with E-state index in [1.165, 1.54) is 55.5 Å². The summed E-state index contributed by atoms with van der Waals surface area (Å²) in [6.07, 6.45) is -10.0. The molecule has 2 aromatic carbocycles. The number of nitrogens with one attached hydrogen (secondary N) is 11. The van der Waals surface area contributed by atoms with Crippen LogP contribution in [0, 0.1) is 11.8 Å². The fraction of sp³-hybridized carbons (Fsp3) is 0.536. The molecule has 0 radical (unpaired) electrons. The minimum atomic E-state index is -2.09. The Morgan fingerprint density at radius 3 is 1.25 bits per heavy atom.